The molecule has 1 aromatic heterocycles. The summed E-state index contributed by atoms with van der Waals surface area (Å²) in [6, 6.07) is 9.15. The lowest BCUT2D eigenvalue weighted by Gasteiger charge is -2.33. The highest BCUT2D eigenvalue weighted by molar-refractivity contribution is 6.30. The zero-order valence-corrected chi connectivity index (χ0v) is 14.5. The van der Waals surface area contributed by atoms with E-state index in [1.807, 2.05) is 24.3 Å². The van der Waals surface area contributed by atoms with E-state index in [2.05, 4.69) is 4.90 Å². The second-order valence-corrected chi connectivity index (χ2v) is 6.46. The van der Waals surface area contributed by atoms with Crippen molar-refractivity contribution in [3.8, 4) is 0 Å². The Labute approximate surface area is 144 Å². The molecule has 0 spiro atoms. The molecule has 0 bridgehead atoms. The van der Waals surface area contributed by atoms with Gasteiger partial charge >= 0.3 is 5.69 Å². The van der Waals surface area contributed by atoms with Crippen LogP contribution in [0.1, 0.15) is 17.4 Å². The standard InChI is InChI=1S/C17H20ClN3O3/c1-19-14(9-16(22)20(2)17(19)23)10-21-7-8-24-15(11-21)12-3-5-13(18)6-4-12/h3-6,9,15H,7-8,10-11H2,1-2H3/t15-/m0/s1. The first-order chi connectivity index (χ1) is 11.5. The Morgan fingerprint density at radius 2 is 1.88 bits per heavy atom. The van der Waals surface area contributed by atoms with Gasteiger partial charge in [-0.25, -0.2) is 4.79 Å². The summed E-state index contributed by atoms with van der Waals surface area (Å²) in [6.07, 6.45) is -0.0420. The average molecular weight is 350 g/mol. The highest BCUT2D eigenvalue weighted by atomic mass is 35.5. The summed E-state index contributed by atoms with van der Waals surface area (Å²) in [7, 11) is 3.17. The number of halogens is 1. The van der Waals surface area contributed by atoms with Gasteiger partial charge in [0.25, 0.3) is 5.56 Å². The fourth-order valence-corrected chi connectivity index (χ4v) is 3.01. The molecule has 1 fully saturated rings. The summed E-state index contributed by atoms with van der Waals surface area (Å²) < 4.78 is 8.48. The van der Waals surface area contributed by atoms with Gasteiger partial charge in [-0.3, -0.25) is 18.8 Å². The normalized spacial score (nSPS) is 18.7. The molecule has 1 aliphatic heterocycles. The van der Waals surface area contributed by atoms with E-state index in [4.69, 9.17) is 16.3 Å². The molecule has 0 radical (unpaired) electrons. The minimum Gasteiger partial charge on any atom is -0.371 e. The van der Waals surface area contributed by atoms with Gasteiger partial charge in [-0.2, -0.15) is 0 Å². The van der Waals surface area contributed by atoms with Gasteiger partial charge in [0, 0.05) is 50.5 Å². The smallest absolute Gasteiger partial charge is 0.330 e. The maximum absolute atomic E-state index is 12.0. The molecule has 0 amide bonds. The van der Waals surface area contributed by atoms with E-state index in [0.29, 0.717) is 30.4 Å². The number of morpholine rings is 1. The molecule has 2 heterocycles. The minimum atomic E-state index is -0.306. The number of hydrogen-bond acceptors (Lipinski definition) is 4. The number of ether oxygens (including phenoxy) is 1. The van der Waals surface area contributed by atoms with Crippen molar-refractivity contribution in [1.82, 2.24) is 14.0 Å². The molecule has 1 aliphatic rings. The van der Waals surface area contributed by atoms with Gasteiger partial charge in [0.05, 0.1) is 12.7 Å². The maximum atomic E-state index is 12.0. The third-order valence-corrected chi connectivity index (χ3v) is 4.66. The van der Waals surface area contributed by atoms with E-state index in [0.717, 1.165) is 16.7 Å². The van der Waals surface area contributed by atoms with Crippen LogP contribution in [0, 0.1) is 0 Å². The van der Waals surface area contributed by atoms with E-state index in [-0.39, 0.29) is 17.4 Å². The Hall–Kier alpha value is -1.89. The Bertz CT molecular complexity index is 842. The fraction of sp³-hybridized carbons (Fsp3) is 0.412. The summed E-state index contributed by atoms with van der Waals surface area (Å²) in [5.74, 6) is 0. The number of aromatic nitrogens is 2. The van der Waals surface area contributed by atoms with Crippen LogP contribution in [0.5, 0.6) is 0 Å². The molecule has 24 heavy (non-hydrogen) atoms. The molecule has 3 rings (SSSR count). The molecule has 1 aromatic carbocycles. The highest BCUT2D eigenvalue weighted by Gasteiger charge is 2.23. The number of hydrogen-bond donors (Lipinski definition) is 0. The molecule has 0 saturated carbocycles. The van der Waals surface area contributed by atoms with Crippen LogP contribution in [0.2, 0.25) is 5.02 Å². The van der Waals surface area contributed by atoms with Crippen LogP contribution < -0.4 is 11.2 Å². The zero-order chi connectivity index (χ0) is 17.3. The average Bonchev–Trinajstić information content (AvgIpc) is 2.59. The Balaban J connectivity index is 1.78. The number of rotatable bonds is 3. The maximum Gasteiger partial charge on any atom is 0.330 e. The largest absolute Gasteiger partial charge is 0.371 e. The van der Waals surface area contributed by atoms with Crippen LogP contribution in [-0.2, 0) is 25.4 Å². The Kier molecular flexibility index (Phi) is 4.89. The van der Waals surface area contributed by atoms with Crippen molar-refractivity contribution in [3.63, 3.8) is 0 Å². The first kappa shape index (κ1) is 17.0. The minimum absolute atomic E-state index is 0.0420. The van der Waals surface area contributed by atoms with Crippen molar-refractivity contribution in [1.29, 1.82) is 0 Å². The predicted molar refractivity (Wildman–Crippen MR) is 92.3 cm³/mol. The third-order valence-electron chi connectivity index (χ3n) is 4.40. The first-order valence-electron chi connectivity index (χ1n) is 7.81. The number of benzene rings is 1. The van der Waals surface area contributed by atoms with E-state index >= 15 is 0 Å². The first-order valence-corrected chi connectivity index (χ1v) is 8.19. The van der Waals surface area contributed by atoms with Gasteiger partial charge < -0.3 is 4.74 Å². The monoisotopic (exact) mass is 349 g/mol. The quantitative estimate of drug-likeness (QED) is 0.838. The molecule has 0 N–H and O–H groups in total. The van der Waals surface area contributed by atoms with Gasteiger partial charge in [0.15, 0.2) is 0 Å². The van der Waals surface area contributed by atoms with E-state index in [9.17, 15) is 9.59 Å². The van der Waals surface area contributed by atoms with Crippen LogP contribution in [-0.4, -0.2) is 33.7 Å². The summed E-state index contributed by atoms with van der Waals surface area (Å²) in [5, 5.41) is 0.696. The molecule has 1 atom stereocenters. The molecule has 0 aliphatic carbocycles. The number of nitrogens with zero attached hydrogens (tertiary/aromatic N) is 3. The van der Waals surface area contributed by atoms with E-state index < -0.39 is 0 Å². The fourth-order valence-electron chi connectivity index (χ4n) is 2.88. The van der Waals surface area contributed by atoms with Crippen molar-refractivity contribution < 1.29 is 4.74 Å². The summed E-state index contributed by atoms with van der Waals surface area (Å²) >= 11 is 5.93. The molecule has 7 heteroatoms. The second-order valence-electron chi connectivity index (χ2n) is 6.02. The van der Waals surface area contributed by atoms with Gasteiger partial charge in [-0.05, 0) is 17.7 Å². The molecular weight excluding hydrogens is 330 g/mol. The van der Waals surface area contributed by atoms with Crippen molar-refractivity contribution in [2.24, 2.45) is 14.1 Å². The lowest BCUT2D eigenvalue weighted by atomic mass is 10.1. The van der Waals surface area contributed by atoms with E-state index in [1.165, 1.54) is 17.7 Å². The van der Waals surface area contributed by atoms with Crippen LogP contribution in [0.15, 0.2) is 39.9 Å². The van der Waals surface area contributed by atoms with Crippen LogP contribution in [0.25, 0.3) is 0 Å². The van der Waals surface area contributed by atoms with Crippen LogP contribution in [0.3, 0.4) is 0 Å². The zero-order valence-electron chi connectivity index (χ0n) is 13.7. The molecule has 0 unspecified atom stereocenters. The topological polar surface area (TPSA) is 56.5 Å². The predicted octanol–water partition coefficient (Wildman–Crippen LogP) is 1.31. The molecule has 2 aromatic rings. The molecular formula is C17H20ClN3O3. The van der Waals surface area contributed by atoms with Gasteiger partial charge in [0.1, 0.15) is 0 Å². The van der Waals surface area contributed by atoms with Crippen molar-refractivity contribution >= 4 is 11.6 Å². The lowest BCUT2D eigenvalue weighted by molar-refractivity contribution is -0.0336. The molecule has 128 valence electrons. The van der Waals surface area contributed by atoms with E-state index in [1.54, 1.807) is 7.05 Å². The second kappa shape index (κ2) is 6.93. The van der Waals surface area contributed by atoms with Gasteiger partial charge in [-0.1, -0.05) is 23.7 Å². The highest BCUT2D eigenvalue weighted by Crippen LogP contribution is 2.24. The van der Waals surface area contributed by atoms with Crippen LogP contribution >= 0.6 is 11.6 Å². The van der Waals surface area contributed by atoms with Crippen molar-refractivity contribution in [2.45, 2.75) is 12.6 Å². The van der Waals surface area contributed by atoms with Crippen LogP contribution in [0.4, 0.5) is 0 Å². The summed E-state index contributed by atoms with van der Waals surface area (Å²) in [5.41, 5.74) is 1.19. The molecule has 1 saturated heterocycles. The summed E-state index contributed by atoms with van der Waals surface area (Å²) in [4.78, 5) is 26.1. The SMILES string of the molecule is Cn1c(CN2CCO[C@H](c3ccc(Cl)cc3)C2)cc(=O)n(C)c1=O. The lowest BCUT2D eigenvalue weighted by Crippen LogP contribution is -2.42. The molecule has 6 nitrogen and oxygen atoms in total. The van der Waals surface area contributed by atoms with Gasteiger partial charge in [-0.15, -0.1) is 0 Å². The van der Waals surface area contributed by atoms with Crippen molar-refractivity contribution in [3.05, 3.63) is 67.4 Å². The Morgan fingerprint density at radius 3 is 2.58 bits per heavy atom. The third kappa shape index (κ3) is 3.45. The Morgan fingerprint density at radius 1 is 1.17 bits per heavy atom. The van der Waals surface area contributed by atoms with Crippen molar-refractivity contribution in [2.75, 3.05) is 19.7 Å². The van der Waals surface area contributed by atoms with Gasteiger partial charge in [0.2, 0.25) is 0 Å². The summed E-state index contributed by atoms with van der Waals surface area (Å²) in [6.45, 7) is 2.60.